The largest absolute Gasteiger partial charge is 0.490 e. The van der Waals surface area contributed by atoms with Crippen LogP contribution in [-0.4, -0.2) is 19.2 Å². The third kappa shape index (κ3) is 2.05. The second-order valence-corrected chi connectivity index (χ2v) is 3.33. The van der Waals surface area contributed by atoms with E-state index in [0.717, 1.165) is 18.6 Å². The molecule has 0 saturated heterocycles. The molecule has 0 radical (unpaired) electrons. The molecule has 0 spiro atoms. The fourth-order valence-corrected chi connectivity index (χ4v) is 1.17. The number of hydrogen-bond acceptors (Lipinski definition) is 3. The molecule has 14 heavy (non-hydrogen) atoms. The van der Waals surface area contributed by atoms with Crippen molar-refractivity contribution < 1.29 is 14.3 Å². The van der Waals surface area contributed by atoms with Crippen LogP contribution in [0.5, 0.6) is 5.75 Å². The van der Waals surface area contributed by atoms with E-state index in [1.54, 1.807) is 24.3 Å². The van der Waals surface area contributed by atoms with E-state index in [1.807, 2.05) is 0 Å². The van der Waals surface area contributed by atoms with E-state index < -0.39 is 0 Å². The summed E-state index contributed by atoms with van der Waals surface area (Å²) in [5, 5.41) is 0. The average Bonchev–Trinajstić information content (AvgIpc) is 3.02. The van der Waals surface area contributed by atoms with E-state index >= 15 is 0 Å². The average molecular weight is 192 g/mol. The molecule has 1 aliphatic carbocycles. The van der Waals surface area contributed by atoms with Crippen molar-refractivity contribution in [3.05, 3.63) is 29.8 Å². The summed E-state index contributed by atoms with van der Waals surface area (Å²) in [6, 6.07) is 7.02. The zero-order chi connectivity index (χ0) is 9.97. The Hall–Kier alpha value is -1.51. The first-order valence-corrected chi connectivity index (χ1v) is 4.64. The van der Waals surface area contributed by atoms with E-state index in [9.17, 15) is 4.79 Å². The van der Waals surface area contributed by atoms with Crippen LogP contribution in [0, 0.1) is 0 Å². The van der Waals surface area contributed by atoms with Crippen molar-refractivity contribution in [2.75, 3.05) is 7.11 Å². The van der Waals surface area contributed by atoms with Crippen LogP contribution in [0.25, 0.3) is 0 Å². The third-order valence-corrected chi connectivity index (χ3v) is 2.10. The minimum atomic E-state index is -0.317. The van der Waals surface area contributed by atoms with Crippen LogP contribution in [0.4, 0.5) is 0 Å². The highest BCUT2D eigenvalue weighted by Crippen LogP contribution is 2.26. The van der Waals surface area contributed by atoms with Crippen LogP contribution >= 0.6 is 0 Å². The molecule has 74 valence electrons. The first-order chi connectivity index (χ1) is 6.79. The molecule has 3 heteroatoms. The lowest BCUT2D eigenvalue weighted by Gasteiger charge is -2.04. The Morgan fingerprint density at radius 3 is 2.43 bits per heavy atom. The Labute approximate surface area is 82.6 Å². The molecule has 1 aromatic carbocycles. The molecule has 0 heterocycles. The zero-order valence-corrected chi connectivity index (χ0v) is 8.03. The minimum absolute atomic E-state index is 0.317. The molecule has 0 aliphatic heterocycles. The second-order valence-electron chi connectivity index (χ2n) is 3.33. The van der Waals surface area contributed by atoms with Crippen molar-refractivity contribution >= 4 is 5.97 Å². The fraction of sp³-hybridized carbons (Fsp3) is 0.364. The highest BCUT2D eigenvalue weighted by atomic mass is 16.5. The van der Waals surface area contributed by atoms with Crippen molar-refractivity contribution in [3.63, 3.8) is 0 Å². The number of carbonyl (C=O) groups excluding carboxylic acids is 1. The molecule has 0 aromatic heterocycles. The molecule has 1 aromatic rings. The van der Waals surface area contributed by atoms with Gasteiger partial charge in [-0.15, -0.1) is 0 Å². The summed E-state index contributed by atoms with van der Waals surface area (Å²) < 4.78 is 10.1. The molecule has 1 aliphatic rings. The van der Waals surface area contributed by atoms with Gasteiger partial charge in [0.05, 0.1) is 18.8 Å². The van der Waals surface area contributed by atoms with E-state index in [0.29, 0.717) is 11.7 Å². The van der Waals surface area contributed by atoms with Crippen molar-refractivity contribution in [2.45, 2.75) is 18.9 Å². The zero-order valence-electron chi connectivity index (χ0n) is 8.03. The van der Waals surface area contributed by atoms with E-state index in [-0.39, 0.29) is 5.97 Å². The Balaban J connectivity index is 2.04. The van der Waals surface area contributed by atoms with Crippen LogP contribution in [0.15, 0.2) is 24.3 Å². The van der Waals surface area contributed by atoms with Crippen molar-refractivity contribution in [1.82, 2.24) is 0 Å². The van der Waals surface area contributed by atoms with Gasteiger partial charge in [0.1, 0.15) is 5.75 Å². The SMILES string of the molecule is COC(=O)c1ccc(OC2CC2)cc1. The Bertz CT molecular complexity index is 325. The number of ether oxygens (including phenoxy) is 2. The Morgan fingerprint density at radius 1 is 1.29 bits per heavy atom. The smallest absolute Gasteiger partial charge is 0.337 e. The fourth-order valence-electron chi connectivity index (χ4n) is 1.17. The normalized spacial score (nSPS) is 14.9. The molecule has 0 unspecified atom stereocenters. The van der Waals surface area contributed by atoms with Gasteiger partial charge in [0, 0.05) is 0 Å². The van der Waals surface area contributed by atoms with Crippen LogP contribution in [0.2, 0.25) is 0 Å². The van der Waals surface area contributed by atoms with Gasteiger partial charge in [0.2, 0.25) is 0 Å². The molecule has 0 bridgehead atoms. The molecular formula is C11H12O3. The number of esters is 1. The van der Waals surface area contributed by atoms with Crippen LogP contribution in [0.1, 0.15) is 23.2 Å². The standard InChI is InChI=1S/C11H12O3/c1-13-11(12)8-2-4-9(5-3-8)14-10-6-7-10/h2-5,10H,6-7H2,1H3. The van der Waals surface area contributed by atoms with Gasteiger partial charge in [-0.3, -0.25) is 0 Å². The van der Waals surface area contributed by atoms with Crippen molar-refractivity contribution in [2.24, 2.45) is 0 Å². The second kappa shape index (κ2) is 3.70. The monoisotopic (exact) mass is 192 g/mol. The lowest BCUT2D eigenvalue weighted by Crippen LogP contribution is -2.01. The van der Waals surface area contributed by atoms with Gasteiger partial charge < -0.3 is 9.47 Å². The molecule has 1 fully saturated rings. The predicted octanol–water partition coefficient (Wildman–Crippen LogP) is 2.01. The summed E-state index contributed by atoms with van der Waals surface area (Å²) in [6.45, 7) is 0. The number of hydrogen-bond donors (Lipinski definition) is 0. The highest BCUT2D eigenvalue weighted by Gasteiger charge is 2.23. The molecule has 1 saturated carbocycles. The number of benzene rings is 1. The third-order valence-electron chi connectivity index (χ3n) is 2.10. The summed E-state index contributed by atoms with van der Waals surface area (Å²) in [6.07, 6.45) is 2.66. The van der Waals surface area contributed by atoms with Gasteiger partial charge in [0.15, 0.2) is 0 Å². The molecular weight excluding hydrogens is 180 g/mol. The van der Waals surface area contributed by atoms with Crippen LogP contribution in [-0.2, 0) is 4.74 Å². The Morgan fingerprint density at radius 2 is 1.93 bits per heavy atom. The lowest BCUT2D eigenvalue weighted by molar-refractivity contribution is 0.0600. The van der Waals surface area contributed by atoms with Gasteiger partial charge >= 0.3 is 5.97 Å². The Kier molecular flexibility index (Phi) is 2.39. The van der Waals surface area contributed by atoms with Gasteiger partial charge in [-0.2, -0.15) is 0 Å². The van der Waals surface area contributed by atoms with Gasteiger partial charge in [-0.05, 0) is 37.1 Å². The van der Waals surface area contributed by atoms with Crippen LogP contribution in [0.3, 0.4) is 0 Å². The van der Waals surface area contributed by atoms with Gasteiger partial charge in [0.25, 0.3) is 0 Å². The summed E-state index contributed by atoms with van der Waals surface area (Å²) in [5.74, 6) is 0.503. The summed E-state index contributed by atoms with van der Waals surface area (Å²) in [5.41, 5.74) is 0.552. The molecule has 2 rings (SSSR count). The summed E-state index contributed by atoms with van der Waals surface area (Å²) in [7, 11) is 1.37. The van der Waals surface area contributed by atoms with Gasteiger partial charge in [-0.1, -0.05) is 0 Å². The summed E-state index contributed by atoms with van der Waals surface area (Å²) >= 11 is 0. The maximum absolute atomic E-state index is 11.1. The van der Waals surface area contributed by atoms with E-state index in [4.69, 9.17) is 4.74 Å². The lowest BCUT2D eigenvalue weighted by atomic mass is 10.2. The van der Waals surface area contributed by atoms with Crippen molar-refractivity contribution in [1.29, 1.82) is 0 Å². The maximum atomic E-state index is 11.1. The number of carbonyl (C=O) groups is 1. The molecule has 0 N–H and O–H groups in total. The molecule has 0 amide bonds. The first-order valence-electron chi connectivity index (χ1n) is 4.64. The first kappa shape index (κ1) is 9.06. The molecule has 0 atom stereocenters. The van der Waals surface area contributed by atoms with Crippen LogP contribution < -0.4 is 4.74 Å². The topological polar surface area (TPSA) is 35.5 Å². The minimum Gasteiger partial charge on any atom is -0.490 e. The maximum Gasteiger partial charge on any atom is 0.337 e. The predicted molar refractivity (Wildman–Crippen MR) is 51.4 cm³/mol. The summed E-state index contributed by atoms with van der Waals surface area (Å²) in [4.78, 5) is 11.1. The van der Waals surface area contributed by atoms with Gasteiger partial charge in [-0.25, -0.2) is 4.79 Å². The molecule has 3 nitrogen and oxygen atoms in total. The highest BCUT2D eigenvalue weighted by molar-refractivity contribution is 5.89. The quantitative estimate of drug-likeness (QED) is 0.687. The number of rotatable bonds is 3. The van der Waals surface area contributed by atoms with E-state index in [1.165, 1.54) is 7.11 Å². The van der Waals surface area contributed by atoms with Crippen molar-refractivity contribution in [3.8, 4) is 5.75 Å². The van der Waals surface area contributed by atoms with E-state index in [2.05, 4.69) is 4.74 Å². The number of methoxy groups -OCH3 is 1.